The Morgan fingerprint density at radius 3 is 2.57 bits per heavy atom. The van der Waals surface area contributed by atoms with Crippen molar-refractivity contribution in [3.63, 3.8) is 0 Å². The number of aromatic nitrogens is 3. The van der Waals surface area contributed by atoms with Crippen molar-refractivity contribution in [2.24, 2.45) is 0 Å². The highest BCUT2D eigenvalue weighted by Gasteiger charge is 2.20. The molecule has 0 unspecified atom stereocenters. The minimum Gasteiger partial charge on any atom is -0.467 e. The van der Waals surface area contributed by atoms with Crippen molar-refractivity contribution < 1.29 is 9.21 Å². The van der Waals surface area contributed by atoms with Crippen LogP contribution >= 0.6 is 0 Å². The van der Waals surface area contributed by atoms with Crippen molar-refractivity contribution in [2.75, 3.05) is 11.4 Å². The summed E-state index contributed by atoms with van der Waals surface area (Å²) in [4.78, 5) is 37.4. The second kappa shape index (κ2) is 9.39. The van der Waals surface area contributed by atoms with E-state index in [1.54, 1.807) is 53.3 Å². The molecule has 0 atom stereocenters. The molecule has 6 rings (SSSR count). The predicted molar refractivity (Wildman–Crippen MR) is 141 cm³/mol. The summed E-state index contributed by atoms with van der Waals surface area (Å²) in [5.74, 6) is 1.06. The van der Waals surface area contributed by atoms with Crippen molar-refractivity contribution in [1.82, 2.24) is 19.9 Å². The summed E-state index contributed by atoms with van der Waals surface area (Å²) < 4.78 is 6.84. The first kappa shape index (κ1) is 22.7. The summed E-state index contributed by atoms with van der Waals surface area (Å²) in [5, 5.41) is 3.64. The summed E-state index contributed by atoms with van der Waals surface area (Å²) >= 11 is 0. The Labute approximate surface area is 213 Å². The van der Waals surface area contributed by atoms with Gasteiger partial charge in [0.05, 0.1) is 24.2 Å². The fourth-order valence-corrected chi connectivity index (χ4v) is 4.75. The Morgan fingerprint density at radius 2 is 1.78 bits per heavy atom. The van der Waals surface area contributed by atoms with Gasteiger partial charge in [-0.05, 0) is 66.9 Å². The second-order valence-electron chi connectivity index (χ2n) is 9.10. The lowest BCUT2D eigenvalue weighted by Gasteiger charge is -2.29. The van der Waals surface area contributed by atoms with Gasteiger partial charge in [0.2, 0.25) is 5.95 Å². The van der Waals surface area contributed by atoms with Gasteiger partial charge in [0, 0.05) is 30.1 Å². The number of amides is 1. The van der Waals surface area contributed by atoms with E-state index in [0.29, 0.717) is 35.2 Å². The summed E-state index contributed by atoms with van der Waals surface area (Å²) in [6, 6.07) is 22.2. The maximum Gasteiger partial charge on any atom is 0.256 e. The molecule has 5 aromatic rings. The van der Waals surface area contributed by atoms with Crippen LogP contribution in [-0.4, -0.2) is 27.0 Å². The maximum absolute atomic E-state index is 13.0. The Morgan fingerprint density at radius 1 is 0.973 bits per heavy atom. The van der Waals surface area contributed by atoms with E-state index in [0.717, 1.165) is 30.6 Å². The van der Waals surface area contributed by atoms with Crippen LogP contribution in [0.4, 0.5) is 5.95 Å². The van der Waals surface area contributed by atoms with Crippen LogP contribution in [0.25, 0.3) is 16.7 Å². The Hall–Kier alpha value is -4.72. The van der Waals surface area contributed by atoms with Crippen LogP contribution in [0.3, 0.4) is 0 Å². The lowest BCUT2D eigenvalue weighted by Crippen LogP contribution is -2.32. The number of hydrogen-bond donors (Lipinski definition) is 1. The third kappa shape index (κ3) is 4.38. The highest BCUT2D eigenvalue weighted by Crippen LogP contribution is 2.25. The van der Waals surface area contributed by atoms with Crippen LogP contribution in [0.15, 0.2) is 88.3 Å². The molecule has 1 amide bonds. The lowest BCUT2D eigenvalue weighted by atomic mass is 10.0. The molecular weight excluding hydrogens is 466 g/mol. The third-order valence-corrected chi connectivity index (χ3v) is 6.73. The summed E-state index contributed by atoms with van der Waals surface area (Å²) in [5.41, 5.74) is 4.89. The number of rotatable bonds is 5. The molecule has 184 valence electrons. The number of aryl methyl sites for hydroxylation is 1. The van der Waals surface area contributed by atoms with Gasteiger partial charge in [-0.1, -0.05) is 24.3 Å². The van der Waals surface area contributed by atoms with Gasteiger partial charge in [-0.25, -0.2) is 4.98 Å². The van der Waals surface area contributed by atoms with E-state index in [1.807, 2.05) is 13.0 Å². The lowest BCUT2D eigenvalue weighted by molar-refractivity contribution is 0.0948. The van der Waals surface area contributed by atoms with E-state index in [9.17, 15) is 9.59 Å². The van der Waals surface area contributed by atoms with E-state index < -0.39 is 0 Å². The Balaban J connectivity index is 1.33. The van der Waals surface area contributed by atoms with Gasteiger partial charge >= 0.3 is 0 Å². The van der Waals surface area contributed by atoms with Gasteiger partial charge in [-0.2, -0.15) is 4.98 Å². The molecule has 3 aromatic heterocycles. The van der Waals surface area contributed by atoms with Crippen molar-refractivity contribution in [3.8, 4) is 5.69 Å². The topological polar surface area (TPSA) is 93.3 Å². The minimum absolute atomic E-state index is 0.199. The molecule has 8 nitrogen and oxygen atoms in total. The Bertz CT molecular complexity index is 1660. The standard InChI is InChI=1S/C29H25N5O3/c1-19-25-12-13-26(35)34(23-10-8-21(9-11-23)28(36)30-17-24-7-4-16-37-24)27(25)32-29(31-19)33-15-14-20-5-2-3-6-22(20)18-33/h2-13,16H,14-15,17-18H2,1H3,(H,30,36). The van der Waals surface area contributed by atoms with E-state index in [-0.39, 0.29) is 11.5 Å². The van der Waals surface area contributed by atoms with Gasteiger partial charge in [0.25, 0.3) is 11.5 Å². The minimum atomic E-state index is -0.223. The molecule has 0 bridgehead atoms. The van der Waals surface area contributed by atoms with Gasteiger partial charge in [0.1, 0.15) is 5.76 Å². The molecule has 4 heterocycles. The van der Waals surface area contributed by atoms with Crippen LogP contribution in [0.1, 0.15) is 32.9 Å². The molecule has 0 radical (unpaired) electrons. The zero-order valence-electron chi connectivity index (χ0n) is 20.3. The van der Waals surface area contributed by atoms with Crippen LogP contribution in [0.5, 0.6) is 0 Å². The second-order valence-corrected chi connectivity index (χ2v) is 9.10. The van der Waals surface area contributed by atoms with Crippen LogP contribution in [0.2, 0.25) is 0 Å². The molecule has 8 heteroatoms. The number of carbonyl (C=O) groups is 1. The Kier molecular flexibility index (Phi) is 5.76. The highest BCUT2D eigenvalue weighted by molar-refractivity contribution is 5.94. The molecule has 1 N–H and O–H groups in total. The number of fused-ring (bicyclic) bond motifs is 2. The molecular formula is C29H25N5O3. The van der Waals surface area contributed by atoms with Crippen molar-refractivity contribution in [2.45, 2.75) is 26.4 Å². The molecule has 0 aliphatic carbocycles. The SMILES string of the molecule is Cc1nc(N2CCc3ccccc3C2)nc2c1ccc(=O)n2-c1ccc(C(=O)NCc2ccco2)cc1. The summed E-state index contributed by atoms with van der Waals surface area (Å²) in [7, 11) is 0. The number of nitrogens with zero attached hydrogens (tertiary/aromatic N) is 4. The van der Waals surface area contributed by atoms with Gasteiger partial charge in [-0.15, -0.1) is 0 Å². The summed E-state index contributed by atoms with van der Waals surface area (Å²) in [6.45, 7) is 3.77. The monoisotopic (exact) mass is 491 g/mol. The molecule has 0 saturated carbocycles. The molecule has 0 saturated heterocycles. The molecule has 1 aliphatic heterocycles. The van der Waals surface area contributed by atoms with Crippen molar-refractivity contribution in [3.05, 3.63) is 118 Å². The summed E-state index contributed by atoms with van der Waals surface area (Å²) in [6.07, 6.45) is 2.49. The zero-order valence-corrected chi connectivity index (χ0v) is 20.3. The number of pyridine rings is 1. The first-order valence-electron chi connectivity index (χ1n) is 12.2. The van der Waals surface area contributed by atoms with Crippen molar-refractivity contribution in [1.29, 1.82) is 0 Å². The van der Waals surface area contributed by atoms with E-state index in [2.05, 4.69) is 28.4 Å². The van der Waals surface area contributed by atoms with Gasteiger partial charge < -0.3 is 14.6 Å². The van der Waals surface area contributed by atoms with Crippen LogP contribution in [-0.2, 0) is 19.5 Å². The fourth-order valence-electron chi connectivity index (χ4n) is 4.75. The number of anilines is 1. The third-order valence-electron chi connectivity index (χ3n) is 6.73. The number of carbonyl (C=O) groups excluding carboxylic acids is 1. The number of nitrogens with one attached hydrogen (secondary N) is 1. The number of hydrogen-bond acceptors (Lipinski definition) is 6. The zero-order chi connectivity index (χ0) is 25.4. The first-order chi connectivity index (χ1) is 18.1. The highest BCUT2D eigenvalue weighted by atomic mass is 16.3. The molecule has 37 heavy (non-hydrogen) atoms. The van der Waals surface area contributed by atoms with E-state index in [4.69, 9.17) is 14.4 Å². The first-order valence-corrected chi connectivity index (χ1v) is 12.2. The van der Waals surface area contributed by atoms with Crippen LogP contribution in [0, 0.1) is 6.92 Å². The largest absolute Gasteiger partial charge is 0.467 e. The number of furan rings is 1. The quantitative estimate of drug-likeness (QED) is 0.397. The smallest absolute Gasteiger partial charge is 0.256 e. The normalized spacial score (nSPS) is 12.9. The fraction of sp³-hybridized carbons (Fsp3) is 0.172. The van der Waals surface area contributed by atoms with Gasteiger partial charge in [0.15, 0.2) is 5.65 Å². The average Bonchev–Trinajstić information content (AvgIpc) is 3.45. The molecule has 0 spiro atoms. The predicted octanol–water partition coefficient (Wildman–Crippen LogP) is 4.17. The van der Waals surface area contributed by atoms with Crippen LogP contribution < -0.4 is 15.8 Å². The maximum atomic E-state index is 13.0. The van der Waals surface area contributed by atoms with Crippen molar-refractivity contribution >= 4 is 22.9 Å². The van der Waals surface area contributed by atoms with E-state index in [1.165, 1.54) is 17.2 Å². The van der Waals surface area contributed by atoms with E-state index >= 15 is 0 Å². The molecule has 2 aromatic carbocycles. The molecule has 1 aliphatic rings. The molecule has 0 fully saturated rings. The van der Waals surface area contributed by atoms with Gasteiger partial charge in [-0.3, -0.25) is 14.2 Å². The number of benzene rings is 2. The average molecular weight is 492 g/mol.